The van der Waals surface area contributed by atoms with E-state index in [9.17, 15) is 0 Å². The molecule has 1 fully saturated rings. The van der Waals surface area contributed by atoms with Gasteiger partial charge in [-0.2, -0.15) is 0 Å². The van der Waals surface area contributed by atoms with Crippen LogP contribution in [0, 0.1) is 5.92 Å². The maximum Gasteiger partial charge on any atom is 0.127 e. The first kappa shape index (κ1) is 14.2. The lowest BCUT2D eigenvalue weighted by molar-refractivity contribution is 0.0780. The average Bonchev–Trinajstić information content (AvgIpc) is 3.07. The van der Waals surface area contributed by atoms with Crippen molar-refractivity contribution in [1.82, 2.24) is 5.32 Å². The number of hydrogen-bond donors (Lipinski definition) is 1. The number of rotatable bonds is 4. The zero-order valence-electron chi connectivity index (χ0n) is 12.1. The highest BCUT2D eigenvalue weighted by Crippen LogP contribution is 2.42. The minimum Gasteiger partial charge on any atom is -0.493 e. The molecule has 0 spiro atoms. The fourth-order valence-corrected chi connectivity index (χ4v) is 3.85. The molecule has 0 saturated carbocycles. The predicted octanol–water partition coefficient (Wildman–Crippen LogP) is 3.35. The minimum atomic E-state index is 0.244. The van der Waals surface area contributed by atoms with Crippen LogP contribution in [0.15, 0.2) is 12.1 Å². The fraction of sp³-hybridized carbons (Fsp3) is 0.625. The van der Waals surface area contributed by atoms with E-state index in [0.717, 1.165) is 43.2 Å². The van der Waals surface area contributed by atoms with E-state index in [1.807, 2.05) is 13.1 Å². The van der Waals surface area contributed by atoms with E-state index in [0.29, 0.717) is 12.0 Å². The van der Waals surface area contributed by atoms with Gasteiger partial charge in [-0.3, -0.25) is 0 Å². The standard InChI is InChI=1S/C16H22ClNO2/c1-3-14-12(5-7-19-14)15(18-2)13-9-11(17)8-10-4-6-20-16(10)13/h8-9,12,14-15,18H,3-7H2,1-2H3. The topological polar surface area (TPSA) is 30.5 Å². The number of nitrogens with one attached hydrogen (secondary N) is 1. The van der Waals surface area contributed by atoms with Gasteiger partial charge in [-0.05, 0) is 37.6 Å². The third-order valence-electron chi connectivity index (χ3n) is 4.51. The van der Waals surface area contributed by atoms with Gasteiger partial charge < -0.3 is 14.8 Å². The minimum absolute atomic E-state index is 0.244. The Hall–Kier alpha value is -0.770. The summed E-state index contributed by atoms with van der Waals surface area (Å²) in [5.41, 5.74) is 2.43. The number of hydrogen-bond acceptors (Lipinski definition) is 3. The smallest absolute Gasteiger partial charge is 0.127 e. The van der Waals surface area contributed by atoms with E-state index in [1.165, 1.54) is 11.1 Å². The molecule has 1 aromatic rings. The monoisotopic (exact) mass is 295 g/mol. The largest absolute Gasteiger partial charge is 0.493 e. The first-order valence-electron chi connectivity index (χ1n) is 7.48. The van der Waals surface area contributed by atoms with Crippen molar-refractivity contribution in [2.45, 2.75) is 38.3 Å². The molecule has 1 aromatic carbocycles. The van der Waals surface area contributed by atoms with E-state index in [-0.39, 0.29) is 6.04 Å². The van der Waals surface area contributed by atoms with Crippen LogP contribution in [0.5, 0.6) is 5.75 Å². The summed E-state index contributed by atoms with van der Waals surface area (Å²) in [6.45, 7) is 3.80. The molecule has 0 aliphatic carbocycles. The van der Waals surface area contributed by atoms with Gasteiger partial charge in [-0.15, -0.1) is 0 Å². The molecule has 4 heteroatoms. The summed E-state index contributed by atoms with van der Waals surface area (Å²) in [6, 6.07) is 4.33. The van der Waals surface area contributed by atoms with Crippen LogP contribution in [-0.2, 0) is 11.2 Å². The summed E-state index contributed by atoms with van der Waals surface area (Å²) < 4.78 is 11.7. The van der Waals surface area contributed by atoms with Crippen LogP contribution < -0.4 is 10.1 Å². The van der Waals surface area contributed by atoms with Gasteiger partial charge in [-0.1, -0.05) is 18.5 Å². The van der Waals surface area contributed by atoms with Crippen molar-refractivity contribution in [3.8, 4) is 5.75 Å². The summed E-state index contributed by atoms with van der Waals surface area (Å²) in [5, 5.41) is 4.27. The number of benzene rings is 1. The van der Waals surface area contributed by atoms with E-state index in [2.05, 4.69) is 18.3 Å². The number of fused-ring (bicyclic) bond motifs is 1. The van der Waals surface area contributed by atoms with Crippen molar-refractivity contribution in [3.63, 3.8) is 0 Å². The van der Waals surface area contributed by atoms with Gasteiger partial charge in [0.25, 0.3) is 0 Å². The fourth-order valence-electron chi connectivity index (χ4n) is 3.60. The van der Waals surface area contributed by atoms with Crippen LogP contribution in [0.3, 0.4) is 0 Å². The zero-order valence-corrected chi connectivity index (χ0v) is 12.9. The Kier molecular flexibility index (Phi) is 4.20. The zero-order chi connectivity index (χ0) is 14.1. The molecule has 3 nitrogen and oxygen atoms in total. The molecule has 0 aromatic heterocycles. The van der Waals surface area contributed by atoms with Crippen LogP contribution in [-0.4, -0.2) is 26.4 Å². The second-order valence-corrected chi connectivity index (χ2v) is 6.05. The summed E-state index contributed by atoms with van der Waals surface area (Å²) in [7, 11) is 2.01. The maximum atomic E-state index is 6.29. The highest BCUT2D eigenvalue weighted by molar-refractivity contribution is 6.30. The lowest BCUT2D eigenvalue weighted by Gasteiger charge is -2.28. The SMILES string of the molecule is CCC1OCCC1C(NC)c1cc(Cl)cc2c1OCC2. The highest BCUT2D eigenvalue weighted by Gasteiger charge is 2.36. The van der Waals surface area contributed by atoms with Gasteiger partial charge in [-0.25, -0.2) is 0 Å². The lowest BCUT2D eigenvalue weighted by Crippen LogP contribution is -2.31. The van der Waals surface area contributed by atoms with E-state index in [4.69, 9.17) is 21.1 Å². The van der Waals surface area contributed by atoms with Crippen molar-refractivity contribution in [2.75, 3.05) is 20.3 Å². The van der Waals surface area contributed by atoms with Gasteiger partial charge in [0.2, 0.25) is 0 Å². The van der Waals surface area contributed by atoms with Gasteiger partial charge in [0.1, 0.15) is 5.75 Å². The van der Waals surface area contributed by atoms with Crippen molar-refractivity contribution in [3.05, 3.63) is 28.3 Å². The summed E-state index contributed by atoms with van der Waals surface area (Å²) in [4.78, 5) is 0. The number of halogens is 1. The maximum absolute atomic E-state index is 6.29. The molecule has 110 valence electrons. The Labute approximate surface area is 125 Å². The van der Waals surface area contributed by atoms with Crippen LogP contribution in [0.25, 0.3) is 0 Å². The molecule has 0 radical (unpaired) electrons. The third kappa shape index (κ3) is 2.43. The van der Waals surface area contributed by atoms with E-state index < -0.39 is 0 Å². The summed E-state index contributed by atoms with van der Waals surface area (Å²) in [6.07, 6.45) is 3.42. The van der Waals surface area contributed by atoms with Crippen LogP contribution in [0.4, 0.5) is 0 Å². The molecule has 3 unspecified atom stereocenters. The molecule has 2 aliphatic heterocycles. The van der Waals surface area contributed by atoms with Crippen molar-refractivity contribution >= 4 is 11.6 Å². The van der Waals surface area contributed by atoms with Crippen LogP contribution in [0.1, 0.15) is 36.9 Å². The second kappa shape index (κ2) is 5.92. The molecule has 3 atom stereocenters. The van der Waals surface area contributed by atoms with Gasteiger partial charge in [0.05, 0.1) is 12.7 Å². The first-order valence-corrected chi connectivity index (χ1v) is 7.86. The Bertz CT molecular complexity index is 492. The molecule has 2 heterocycles. The van der Waals surface area contributed by atoms with Crippen molar-refractivity contribution < 1.29 is 9.47 Å². The third-order valence-corrected chi connectivity index (χ3v) is 4.73. The molecule has 2 aliphatic rings. The predicted molar refractivity (Wildman–Crippen MR) is 80.6 cm³/mol. The molecule has 1 saturated heterocycles. The number of ether oxygens (including phenoxy) is 2. The molecule has 1 N–H and O–H groups in total. The Balaban J connectivity index is 1.97. The molecule has 20 heavy (non-hydrogen) atoms. The molecule has 0 amide bonds. The summed E-state index contributed by atoms with van der Waals surface area (Å²) in [5.74, 6) is 1.52. The Morgan fingerprint density at radius 2 is 2.25 bits per heavy atom. The molecular weight excluding hydrogens is 274 g/mol. The Morgan fingerprint density at radius 3 is 3.00 bits per heavy atom. The molecular formula is C16H22ClNO2. The second-order valence-electron chi connectivity index (χ2n) is 5.62. The average molecular weight is 296 g/mol. The molecule has 3 rings (SSSR count). The van der Waals surface area contributed by atoms with Crippen LogP contribution in [0.2, 0.25) is 5.02 Å². The quantitative estimate of drug-likeness (QED) is 0.924. The van der Waals surface area contributed by atoms with Crippen molar-refractivity contribution in [1.29, 1.82) is 0 Å². The highest BCUT2D eigenvalue weighted by atomic mass is 35.5. The van der Waals surface area contributed by atoms with Gasteiger partial charge in [0, 0.05) is 35.6 Å². The first-order chi connectivity index (χ1) is 9.74. The molecule has 0 bridgehead atoms. The van der Waals surface area contributed by atoms with E-state index in [1.54, 1.807) is 0 Å². The van der Waals surface area contributed by atoms with Gasteiger partial charge in [0.15, 0.2) is 0 Å². The van der Waals surface area contributed by atoms with Crippen LogP contribution >= 0.6 is 11.6 Å². The summed E-state index contributed by atoms with van der Waals surface area (Å²) >= 11 is 6.29. The van der Waals surface area contributed by atoms with Gasteiger partial charge >= 0.3 is 0 Å². The Morgan fingerprint density at radius 1 is 1.40 bits per heavy atom. The normalized spacial score (nSPS) is 26.4. The van der Waals surface area contributed by atoms with Crippen molar-refractivity contribution in [2.24, 2.45) is 5.92 Å². The van der Waals surface area contributed by atoms with E-state index >= 15 is 0 Å². The lowest BCUT2D eigenvalue weighted by atomic mass is 9.85.